The van der Waals surface area contributed by atoms with Crippen LogP contribution in [0.5, 0.6) is 0 Å². The molecule has 2 N–H and O–H groups in total. The molecule has 0 bridgehead atoms. The zero-order chi connectivity index (χ0) is 16.0. The summed E-state index contributed by atoms with van der Waals surface area (Å²) in [6, 6.07) is 6.52. The molecule has 0 aromatic heterocycles. The Morgan fingerprint density at radius 1 is 1.19 bits per heavy atom. The molecule has 0 heterocycles. The molecule has 1 rings (SSSR count). The van der Waals surface area contributed by atoms with Gasteiger partial charge in [-0.25, -0.2) is 0 Å². The van der Waals surface area contributed by atoms with E-state index in [2.05, 4.69) is 5.32 Å². The molecule has 0 aliphatic heterocycles. The number of hydrogen-bond donors (Lipinski definition) is 2. The number of hydrogen-bond acceptors (Lipinski definition) is 3. The van der Waals surface area contributed by atoms with Crippen molar-refractivity contribution in [2.45, 2.75) is 33.2 Å². The van der Waals surface area contributed by atoms with Crippen molar-refractivity contribution in [3.05, 3.63) is 34.9 Å². The fourth-order valence-electron chi connectivity index (χ4n) is 1.88. The molecule has 0 aliphatic carbocycles. The van der Waals surface area contributed by atoms with Crippen LogP contribution in [0.1, 0.15) is 37.6 Å². The van der Waals surface area contributed by atoms with Crippen molar-refractivity contribution in [3.8, 4) is 0 Å². The summed E-state index contributed by atoms with van der Waals surface area (Å²) in [4.78, 5) is 24.1. The highest BCUT2D eigenvalue weighted by molar-refractivity contribution is 6.30. The number of rotatable bonds is 7. The minimum atomic E-state index is -0.400. The molecule has 0 radical (unpaired) electrons. The highest BCUT2D eigenvalue weighted by Gasteiger charge is 2.20. The average molecular weight is 312 g/mol. The van der Waals surface area contributed by atoms with Crippen LogP contribution >= 0.6 is 11.6 Å². The number of carbonyl (C=O) groups is 2. The van der Waals surface area contributed by atoms with Crippen LogP contribution in [0.4, 0.5) is 0 Å². The van der Waals surface area contributed by atoms with E-state index in [-0.39, 0.29) is 36.7 Å². The quantitative estimate of drug-likeness (QED) is 0.761. The van der Waals surface area contributed by atoms with Crippen molar-refractivity contribution in [1.82, 2.24) is 5.32 Å². The molecular weight excluding hydrogens is 290 g/mol. The maximum atomic E-state index is 12.2. The molecule has 4 nitrogen and oxygen atoms in total. The first-order valence-electron chi connectivity index (χ1n) is 7.05. The second-order valence-electron chi connectivity index (χ2n) is 5.49. The highest BCUT2D eigenvalue weighted by Crippen LogP contribution is 2.15. The van der Waals surface area contributed by atoms with Crippen LogP contribution in [-0.2, 0) is 4.79 Å². The first-order valence-corrected chi connectivity index (χ1v) is 7.43. The molecule has 0 fully saturated rings. The highest BCUT2D eigenvalue weighted by atomic mass is 35.5. The second-order valence-corrected chi connectivity index (χ2v) is 5.93. The third kappa shape index (κ3) is 5.48. The van der Waals surface area contributed by atoms with Crippen molar-refractivity contribution < 1.29 is 14.7 Å². The lowest BCUT2D eigenvalue weighted by Crippen LogP contribution is -2.39. The monoisotopic (exact) mass is 311 g/mol. The summed E-state index contributed by atoms with van der Waals surface area (Å²) in [6.45, 7) is 5.44. The van der Waals surface area contributed by atoms with E-state index in [1.54, 1.807) is 31.2 Å². The van der Waals surface area contributed by atoms with Gasteiger partial charge in [0.15, 0.2) is 5.78 Å². The Bertz CT molecular complexity index is 487. The summed E-state index contributed by atoms with van der Waals surface area (Å²) < 4.78 is 0. The Kier molecular flexibility index (Phi) is 6.85. The van der Waals surface area contributed by atoms with Gasteiger partial charge in [0.2, 0.25) is 5.91 Å². The van der Waals surface area contributed by atoms with Crippen molar-refractivity contribution in [1.29, 1.82) is 0 Å². The Balaban J connectivity index is 2.56. The SMILES string of the molecule is CC(CC(=O)NC(C)C(C)CO)C(=O)c1ccc(Cl)cc1. The molecular formula is C16H22ClNO3. The number of halogens is 1. The third-order valence-electron chi connectivity index (χ3n) is 3.60. The van der Waals surface area contributed by atoms with Crippen molar-refractivity contribution in [2.75, 3.05) is 6.61 Å². The van der Waals surface area contributed by atoms with Gasteiger partial charge < -0.3 is 10.4 Å². The number of Topliss-reactive ketones (excluding diaryl/α,β-unsaturated/α-hetero) is 1. The third-order valence-corrected chi connectivity index (χ3v) is 3.85. The molecule has 1 aromatic carbocycles. The van der Waals surface area contributed by atoms with Gasteiger partial charge in [0.25, 0.3) is 0 Å². The van der Waals surface area contributed by atoms with E-state index in [1.165, 1.54) is 0 Å². The minimum Gasteiger partial charge on any atom is -0.396 e. The van der Waals surface area contributed by atoms with E-state index in [0.717, 1.165) is 0 Å². The van der Waals surface area contributed by atoms with E-state index in [4.69, 9.17) is 16.7 Å². The molecule has 0 saturated heterocycles. The number of aliphatic hydroxyl groups excluding tert-OH is 1. The summed E-state index contributed by atoms with van der Waals surface area (Å²) in [5.74, 6) is -0.679. The van der Waals surface area contributed by atoms with Gasteiger partial charge in [0, 0.05) is 35.6 Å². The molecule has 0 aliphatic rings. The standard InChI is InChI=1S/C16H22ClNO3/c1-10(8-15(20)18-12(3)11(2)9-19)16(21)13-4-6-14(17)7-5-13/h4-7,10-12,19H,8-9H2,1-3H3,(H,18,20). The summed E-state index contributed by atoms with van der Waals surface area (Å²) in [5.41, 5.74) is 0.552. The smallest absolute Gasteiger partial charge is 0.220 e. The lowest BCUT2D eigenvalue weighted by molar-refractivity contribution is -0.122. The number of carbonyl (C=O) groups excluding carboxylic acids is 2. The molecule has 3 unspecified atom stereocenters. The topological polar surface area (TPSA) is 66.4 Å². The molecule has 116 valence electrons. The Morgan fingerprint density at radius 3 is 2.29 bits per heavy atom. The fourth-order valence-corrected chi connectivity index (χ4v) is 2.01. The molecule has 0 spiro atoms. The number of nitrogens with one attached hydrogen (secondary N) is 1. The summed E-state index contributed by atoms with van der Waals surface area (Å²) >= 11 is 5.79. The number of ketones is 1. The van der Waals surface area contributed by atoms with Crippen molar-refractivity contribution >= 4 is 23.3 Å². The Morgan fingerprint density at radius 2 is 1.76 bits per heavy atom. The van der Waals surface area contributed by atoms with Crippen molar-refractivity contribution in [2.24, 2.45) is 11.8 Å². The van der Waals surface area contributed by atoms with Gasteiger partial charge in [-0.2, -0.15) is 0 Å². The maximum absolute atomic E-state index is 12.2. The molecule has 5 heteroatoms. The summed E-state index contributed by atoms with van der Waals surface area (Å²) in [6.07, 6.45) is 0.129. The first-order chi connectivity index (χ1) is 9.85. The van der Waals surface area contributed by atoms with Gasteiger partial charge in [-0.3, -0.25) is 9.59 Å². The van der Waals surface area contributed by atoms with E-state index in [0.29, 0.717) is 10.6 Å². The van der Waals surface area contributed by atoms with Crippen LogP contribution in [-0.4, -0.2) is 29.4 Å². The molecule has 21 heavy (non-hydrogen) atoms. The van der Waals surface area contributed by atoms with Gasteiger partial charge in [-0.1, -0.05) is 25.4 Å². The van der Waals surface area contributed by atoms with Crippen LogP contribution in [0, 0.1) is 11.8 Å². The number of amides is 1. The fraction of sp³-hybridized carbons (Fsp3) is 0.500. The van der Waals surface area contributed by atoms with Gasteiger partial charge in [0.05, 0.1) is 0 Å². The van der Waals surface area contributed by atoms with Crippen LogP contribution in [0.3, 0.4) is 0 Å². The lowest BCUT2D eigenvalue weighted by Gasteiger charge is -2.20. The van der Waals surface area contributed by atoms with E-state index < -0.39 is 5.92 Å². The molecule has 1 aromatic rings. The van der Waals surface area contributed by atoms with Gasteiger partial charge in [-0.05, 0) is 37.1 Å². The summed E-state index contributed by atoms with van der Waals surface area (Å²) in [7, 11) is 0. The van der Waals surface area contributed by atoms with Gasteiger partial charge in [-0.15, -0.1) is 0 Å². The largest absolute Gasteiger partial charge is 0.396 e. The molecule has 1 amide bonds. The maximum Gasteiger partial charge on any atom is 0.220 e. The second kappa shape index (κ2) is 8.15. The predicted octanol–water partition coefficient (Wildman–Crippen LogP) is 2.68. The zero-order valence-electron chi connectivity index (χ0n) is 12.6. The van der Waals surface area contributed by atoms with Crippen LogP contribution in [0.15, 0.2) is 24.3 Å². The van der Waals surface area contributed by atoms with Crippen LogP contribution in [0.25, 0.3) is 0 Å². The molecule has 3 atom stereocenters. The van der Waals surface area contributed by atoms with Gasteiger partial charge in [0.1, 0.15) is 0 Å². The normalized spacial score (nSPS) is 15.1. The van der Waals surface area contributed by atoms with Crippen LogP contribution < -0.4 is 5.32 Å². The zero-order valence-corrected chi connectivity index (χ0v) is 13.4. The number of benzene rings is 1. The summed E-state index contributed by atoms with van der Waals surface area (Å²) in [5, 5.41) is 12.4. The van der Waals surface area contributed by atoms with Crippen LogP contribution in [0.2, 0.25) is 5.02 Å². The number of aliphatic hydroxyl groups is 1. The van der Waals surface area contributed by atoms with E-state index in [9.17, 15) is 9.59 Å². The van der Waals surface area contributed by atoms with Gasteiger partial charge >= 0.3 is 0 Å². The van der Waals surface area contributed by atoms with Crippen molar-refractivity contribution in [3.63, 3.8) is 0 Å². The van der Waals surface area contributed by atoms with E-state index >= 15 is 0 Å². The Hall–Kier alpha value is -1.39. The Labute approximate surface area is 130 Å². The lowest BCUT2D eigenvalue weighted by atomic mass is 9.95. The predicted molar refractivity (Wildman–Crippen MR) is 83.4 cm³/mol. The first kappa shape index (κ1) is 17.7. The van der Waals surface area contributed by atoms with E-state index in [1.807, 2.05) is 13.8 Å². The molecule has 0 saturated carbocycles. The average Bonchev–Trinajstić information content (AvgIpc) is 2.46. The minimum absolute atomic E-state index is 0.0146.